The van der Waals surface area contributed by atoms with E-state index in [0.717, 1.165) is 9.75 Å². The predicted octanol–water partition coefficient (Wildman–Crippen LogP) is 3.30. The molecule has 2 nitrogen and oxygen atoms in total. The number of Topliss-reactive ketones (excluding diaryl/α,β-unsaturated/α-hetero) is 1. The molecule has 1 rings (SSSR count). The molecule has 1 heterocycles. The number of thiophene rings is 1. The molecule has 3 heteroatoms. The maximum Gasteiger partial charge on any atom is 0.201 e. The predicted molar refractivity (Wildman–Crippen MR) is 63.6 cm³/mol. The quantitative estimate of drug-likeness (QED) is 0.720. The molecule has 0 saturated heterocycles. The van der Waals surface area contributed by atoms with Crippen molar-refractivity contribution in [2.24, 2.45) is 5.92 Å². The maximum absolute atomic E-state index is 12.1. The summed E-state index contributed by atoms with van der Waals surface area (Å²) in [6.07, 6.45) is -0.298. The van der Waals surface area contributed by atoms with Crippen molar-refractivity contribution < 1.29 is 9.53 Å². The Balaban J connectivity index is 2.80. The van der Waals surface area contributed by atoms with E-state index in [1.165, 1.54) is 11.3 Å². The molecule has 84 valence electrons. The Kier molecular flexibility index (Phi) is 4.48. The molecule has 15 heavy (non-hydrogen) atoms. The summed E-state index contributed by atoms with van der Waals surface area (Å²) in [6, 6.07) is 3.86. The van der Waals surface area contributed by atoms with Crippen LogP contribution < -0.4 is 0 Å². The Hall–Kier alpha value is -0.670. The van der Waals surface area contributed by atoms with Crippen LogP contribution in [-0.4, -0.2) is 18.5 Å². The number of hydrogen-bond acceptors (Lipinski definition) is 3. The third-order valence-corrected chi connectivity index (χ3v) is 3.21. The lowest BCUT2D eigenvalue weighted by molar-refractivity contribution is 0.0283. The van der Waals surface area contributed by atoms with E-state index in [1.807, 2.05) is 39.8 Å². The van der Waals surface area contributed by atoms with Gasteiger partial charge in [0.1, 0.15) is 6.10 Å². The summed E-state index contributed by atoms with van der Waals surface area (Å²) >= 11 is 1.54. The Labute approximate surface area is 95.3 Å². The molecule has 0 spiro atoms. The lowest BCUT2D eigenvalue weighted by atomic mass is 10.0. The maximum atomic E-state index is 12.1. The highest BCUT2D eigenvalue weighted by Crippen LogP contribution is 2.20. The van der Waals surface area contributed by atoms with Crippen molar-refractivity contribution >= 4 is 17.1 Å². The van der Waals surface area contributed by atoms with Crippen molar-refractivity contribution in [2.45, 2.75) is 33.8 Å². The van der Waals surface area contributed by atoms with Crippen LogP contribution in [0.4, 0.5) is 0 Å². The summed E-state index contributed by atoms with van der Waals surface area (Å²) in [5, 5.41) is 0. The van der Waals surface area contributed by atoms with Gasteiger partial charge in [0.25, 0.3) is 0 Å². The summed E-state index contributed by atoms with van der Waals surface area (Å²) < 4.78 is 5.49. The summed E-state index contributed by atoms with van der Waals surface area (Å²) in [7, 11) is 0. The van der Waals surface area contributed by atoms with Gasteiger partial charge >= 0.3 is 0 Å². The average Bonchev–Trinajstić information content (AvgIpc) is 2.59. The van der Waals surface area contributed by atoms with Gasteiger partial charge in [-0.15, -0.1) is 11.3 Å². The molecule has 0 aromatic carbocycles. The van der Waals surface area contributed by atoms with Crippen LogP contribution in [0.25, 0.3) is 0 Å². The van der Waals surface area contributed by atoms with Crippen LogP contribution in [0, 0.1) is 12.8 Å². The van der Waals surface area contributed by atoms with E-state index in [1.54, 1.807) is 0 Å². The van der Waals surface area contributed by atoms with Crippen molar-refractivity contribution in [1.29, 1.82) is 0 Å². The standard InChI is InChI=1S/C12H18O2S/c1-5-14-12(8(2)3)11(13)10-7-6-9(4)15-10/h6-8,12H,5H2,1-4H3. The number of carbonyl (C=O) groups excluding carboxylic acids is 1. The molecule has 1 aromatic rings. The lowest BCUT2D eigenvalue weighted by Crippen LogP contribution is -2.29. The van der Waals surface area contributed by atoms with Crippen molar-refractivity contribution in [2.75, 3.05) is 6.61 Å². The van der Waals surface area contributed by atoms with Crippen molar-refractivity contribution in [3.8, 4) is 0 Å². The van der Waals surface area contributed by atoms with Crippen LogP contribution in [0.2, 0.25) is 0 Å². The van der Waals surface area contributed by atoms with Gasteiger partial charge < -0.3 is 4.74 Å². The molecular weight excluding hydrogens is 208 g/mol. The molecular formula is C12H18O2S. The molecule has 0 aliphatic carbocycles. The second kappa shape index (κ2) is 5.42. The first-order valence-corrected chi connectivity index (χ1v) is 6.10. The molecule has 0 aliphatic heterocycles. The molecule has 0 aliphatic rings. The minimum absolute atomic E-state index is 0.116. The molecule has 0 N–H and O–H groups in total. The summed E-state index contributed by atoms with van der Waals surface area (Å²) in [4.78, 5) is 14.0. The Bertz CT molecular complexity index is 328. The largest absolute Gasteiger partial charge is 0.370 e. The lowest BCUT2D eigenvalue weighted by Gasteiger charge is -2.18. The van der Waals surface area contributed by atoms with E-state index in [9.17, 15) is 4.79 Å². The zero-order valence-electron chi connectivity index (χ0n) is 9.74. The average molecular weight is 226 g/mol. The monoisotopic (exact) mass is 226 g/mol. The second-order valence-electron chi connectivity index (χ2n) is 3.89. The highest BCUT2D eigenvalue weighted by atomic mass is 32.1. The van der Waals surface area contributed by atoms with E-state index < -0.39 is 0 Å². The van der Waals surface area contributed by atoms with Crippen LogP contribution in [0.1, 0.15) is 35.3 Å². The van der Waals surface area contributed by atoms with Crippen LogP contribution >= 0.6 is 11.3 Å². The molecule has 0 bridgehead atoms. The summed E-state index contributed by atoms with van der Waals surface area (Å²) in [5.41, 5.74) is 0. The fourth-order valence-corrected chi connectivity index (χ4v) is 2.29. The zero-order valence-corrected chi connectivity index (χ0v) is 10.6. The third-order valence-electron chi connectivity index (χ3n) is 2.19. The van der Waals surface area contributed by atoms with Gasteiger partial charge in [0.05, 0.1) is 4.88 Å². The van der Waals surface area contributed by atoms with Gasteiger partial charge in [-0.25, -0.2) is 0 Å². The number of rotatable bonds is 5. The summed E-state index contributed by atoms with van der Waals surface area (Å²) in [6.45, 7) is 8.53. The third kappa shape index (κ3) is 3.14. The Morgan fingerprint density at radius 2 is 2.13 bits per heavy atom. The normalized spacial score (nSPS) is 13.1. The smallest absolute Gasteiger partial charge is 0.201 e. The number of hydrogen-bond donors (Lipinski definition) is 0. The second-order valence-corrected chi connectivity index (χ2v) is 5.18. The van der Waals surface area contributed by atoms with Crippen molar-refractivity contribution in [3.05, 3.63) is 21.9 Å². The van der Waals surface area contributed by atoms with Crippen LogP contribution in [0.15, 0.2) is 12.1 Å². The van der Waals surface area contributed by atoms with Crippen molar-refractivity contribution in [3.63, 3.8) is 0 Å². The molecule has 0 fully saturated rings. The fraction of sp³-hybridized carbons (Fsp3) is 0.583. The molecule has 0 radical (unpaired) electrons. The summed E-state index contributed by atoms with van der Waals surface area (Å²) in [5.74, 6) is 0.338. The number of carbonyl (C=O) groups is 1. The fourth-order valence-electron chi connectivity index (χ4n) is 1.46. The van der Waals surface area contributed by atoms with Gasteiger partial charge in [-0.1, -0.05) is 13.8 Å². The first-order chi connectivity index (χ1) is 7.06. The molecule has 0 amide bonds. The topological polar surface area (TPSA) is 26.3 Å². The number of ether oxygens (including phenoxy) is 1. The van der Waals surface area contributed by atoms with E-state index in [4.69, 9.17) is 4.74 Å². The van der Waals surface area contributed by atoms with Gasteiger partial charge in [0.15, 0.2) is 0 Å². The molecule has 1 aromatic heterocycles. The molecule has 0 saturated carbocycles. The van der Waals surface area contributed by atoms with Crippen molar-refractivity contribution in [1.82, 2.24) is 0 Å². The first kappa shape index (κ1) is 12.4. The van der Waals surface area contributed by atoms with E-state index in [0.29, 0.717) is 6.61 Å². The first-order valence-electron chi connectivity index (χ1n) is 5.28. The van der Waals surface area contributed by atoms with Gasteiger partial charge in [-0.05, 0) is 31.9 Å². The van der Waals surface area contributed by atoms with E-state index in [2.05, 4.69) is 0 Å². The highest BCUT2D eigenvalue weighted by Gasteiger charge is 2.24. The van der Waals surface area contributed by atoms with Gasteiger partial charge in [-0.3, -0.25) is 4.79 Å². The minimum atomic E-state index is -0.298. The molecule has 1 unspecified atom stereocenters. The van der Waals surface area contributed by atoms with Gasteiger partial charge in [0, 0.05) is 11.5 Å². The highest BCUT2D eigenvalue weighted by molar-refractivity contribution is 7.14. The minimum Gasteiger partial charge on any atom is -0.370 e. The van der Waals surface area contributed by atoms with Crippen LogP contribution in [0.5, 0.6) is 0 Å². The zero-order chi connectivity index (χ0) is 11.4. The van der Waals surface area contributed by atoms with Crippen LogP contribution in [-0.2, 0) is 4.74 Å². The Morgan fingerprint density at radius 1 is 1.47 bits per heavy atom. The van der Waals surface area contributed by atoms with Gasteiger partial charge in [0.2, 0.25) is 5.78 Å². The molecule has 1 atom stereocenters. The number of ketones is 1. The Morgan fingerprint density at radius 3 is 2.53 bits per heavy atom. The SMILES string of the molecule is CCOC(C(=O)c1ccc(C)s1)C(C)C. The van der Waals surface area contributed by atoms with E-state index in [-0.39, 0.29) is 17.8 Å². The van der Waals surface area contributed by atoms with Crippen LogP contribution in [0.3, 0.4) is 0 Å². The number of aryl methyl sites for hydroxylation is 1. The van der Waals surface area contributed by atoms with E-state index >= 15 is 0 Å². The van der Waals surface area contributed by atoms with Gasteiger partial charge in [-0.2, -0.15) is 0 Å².